The Morgan fingerprint density at radius 1 is 0.867 bits per heavy atom. The molecule has 3 aliphatic rings. The smallest absolute Gasteiger partial charge is 0.343 e. The fourth-order valence-electron chi connectivity index (χ4n) is 8.85. The zero-order valence-electron chi connectivity index (χ0n) is 42.2. The van der Waals surface area contributed by atoms with Crippen molar-refractivity contribution in [3.63, 3.8) is 0 Å². The molecule has 0 saturated carbocycles. The summed E-state index contributed by atoms with van der Waals surface area (Å²) >= 11 is 0. The van der Waals surface area contributed by atoms with Gasteiger partial charge in [-0.3, -0.25) is 43.2 Å². The molecule has 6 rings (SSSR count). The number of aliphatic hydroxyl groups is 1. The summed E-state index contributed by atoms with van der Waals surface area (Å²) in [6, 6.07) is 1.99. The standard InChI is InChI=1S/C51H63FN8O15/c1-5-51(71)34-20-39-46-32(23-60(39)49(69)33(34)24-75-50(51)70)31(30-19-28(4)35(52)21-37(30)58-46)22-55-45(66)25-74-26-56-47(67)36(7-10-42(53)63)59-48(68)38(18-27(2)3)57-44(65)12-14-72-16-17-73-15-13-54-43(64)11-6-29-40(61)8-9-41(29)62/h8-9,19-21,27,29,36,38,71H,5-7,10-18,22-26H2,1-4H3,(H2,53,63)(H,54,64)(H,55,66)(H,56,67)(H,57,65)(H,59,68)/t36-,38-,51-/m0/s1. The van der Waals surface area contributed by atoms with E-state index in [2.05, 4.69) is 26.6 Å². The lowest BCUT2D eigenvalue weighted by molar-refractivity contribution is -0.172. The number of halogens is 1. The second-order valence-electron chi connectivity index (χ2n) is 18.8. The number of nitrogens with zero attached hydrogens (tertiary/aromatic N) is 2. The summed E-state index contributed by atoms with van der Waals surface area (Å²) in [5.41, 5.74) is 5.22. The summed E-state index contributed by atoms with van der Waals surface area (Å²) in [7, 11) is 0. The molecule has 0 radical (unpaired) electrons. The van der Waals surface area contributed by atoms with Crippen LogP contribution in [-0.4, -0.2) is 126 Å². The highest BCUT2D eigenvalue weighted by Gasteiger charge is 2.45. The van der Waals surface area contributed by atoms with Crippen LogP contribution in [0.1, 0.15) is 93.5 Å². The van der Waals surface area contributed by atoms with Gasteiger partial charge >= 0.3 is 5.97 Å². The zero-order valence-corrected chi connectivity index (χ0v) is 42.2. The lowest BCUT2D eigenvalue weighted by atomic mass is 9.86. The maximum Gasteiger partial charge on any atom is 0.343 e. The molecule has 3 atom stereocenters. The van der Waals surface area contributed by atoms with E-state index in [0.717, 1.165) is 0 Å². The van der Waals surface area contributed by atoms with Crippen molar-refractivity contribution in [1.29, 1.82) is 0 Å². The van der Waals surface area contributed by atoms with Crippen LogP contribution in [-0.2, 0) is 87.4 Å². The summed E-state index contributed by atoms with van der Waals surface area (Å²) in [5, 5.41) is 24.9. The van der Waals surface area contributed by atoms with Crippen molar-refractivity contribution in [2.24, 2.45) is 17.6 Å². The van der Waals surface area contributed by atoms with Gasteiger partial charge in [-0.25, -0.2) is 14.2 Å². The molecule has 2 aromatic heterocycles. The molecular formula is C51H63FN8O15. The number of aromatic nitrogens is 2. The molecule has 6 amide bonds. The SMILES string of the molecule is CC[C@@]1(O)C(=O)OCc2c1cc1n(c2=O)Cc2c-1nc1cc(F)c(C)cc1c2CNC(=O)COCNC(=O)[C@H](CCC(N)=O)NC(=O)[C@H](CC(C)C)NC(=O)CCOCCOCCNC(=O)CCC1C(=O)C=CC1=O. The largest absolute Gasteiger partial charge is 0.458 e. The Bertz CT molecular complexity index is 2810. The summed E-state index contributed by atoms with van der Waals surface area (Å²) in [5.74, 6) is -6.55. The number of ketones is 2. The third-order valence-corrected chi connectivity index (χ3v) is 13.0. The highest BCUT2D eigenvalue weighted by atomic mass is 19.1. The minimum atomic E-state index is -2.06. The van der Waals surface area contributed by atoms with Gasteiger partial charge in [0.05, 0.1) is 61.4 Å². The number of hydrogen-bond donors (Lipinski definition) is 7. The van der Waals surface area contributed by atoms with E-state index >= 15 is 0 Å². The fourth-order valence-corrected chi connectivity index (χ4v) is 8.85. The Balaban J connectivity index is 0.962. The maximum atomic E-state index is 14.9. The number of primary amides is 1. The molecule has 75 heavy (non-hydrogen) atoms. The van der Waals surface area contributed by atoms with E-state index in [4.69, 9.17) is 29.7 Å². The van der Waals surface area contributed by atoms with Crippen LogP contribution < -0.4 is 37.9 Å². The van der Waals surface area contributed by atoms with Crippen LogP contribution in [0, 0.1) is 24.6 Å². The molecule has 0 saturated heterocycles. The molecular weight excluding hydrogens is 984 g/mol. The van der Waals surface area contributed by atoms with E-state index in [1.165, 1.54) is 28.9 Å². The van der Waals surface area contributed by atoms with E-state index < -0.39 is 83.8 Å². The van der Waals surface area contributed by atoms with Gasteiger partial charge in [0, 0.05) is 54.9 Å². The van der Waals surface area contributed by atoms with Gasteiger partial charge in [-0.05, 0) is 73.9 Å². The summed E-state index contributed by atoms with van der Waals surface area (Å²) in [6.07, 6.45) is 2.14. The van der Waals surface area contributed by atoms with Crippen LogP contribution in [0.4, 0.5) is 4.39 Å². The number of allylic oxidation sites excluding steroid dienone is 2. The highest BCUT2D eigenvalue weighted by Crippen LogP contribution is 2.40. The van der Waals surface area contributed by atoms with E-state index in [1.54, 1.807) is 19.9 Å². The lowest BCUT2D eigenvalue weighted by Crippen LogP contribution is -2.54. The number of nitrogens with one attached hydrogen (secondary N) is 5. The zero-order chi connectivity index (χ0) is 54.6. The van der Waals surface area contributed by atoms with E-state index in [9.17, 15) is 57.4 Å². The predicted octanol–water partition coefficient (Wildman–Crippen LogP) is 0.159. The second kappa shape index (κ2) is 25.8. The second-order valence-corrected chi connectivity index (χ2v) is 18.8. The number of hydrogen-bond acceptors (Lipinski definition) is 16. The number of cyclic esters (lactones) is 1. The number of fused-ring (bicyclic) bond motifs is 5. The van der Waals surface area contributed by atoms with Crippen LogP contribution >= 0.6 is 0 Å². The van der Waals surface area contributed by atoms with Gasteiger partial charge < -0.3 is 60.9 Å². The topological polar surface area (TPSA) is 332 Å². The van der Waals surface area contributed by atoms with Crippen molar-refractivity contribution in [3.05, 3.63) is 74.3 Å². The van der Waals surface area contributed by atoms with Gasteiger partial charge in [0.2, 0.25) is 35.4 Å². The van der Waals surface area contributed by atoms with Crippen LogP contribution in [0.25, 0.3) is 22.3 Å². The summed E-state index contributed by atoms with van der Waals surface area (Å²) < 4.78 is 37.9. The minimum Gasteiger partial charge on any atom is -0.458 e. The number of ether oxygens (including phenoxy) is 4. The van der Waals surface area contributed by atoms with Crippen molar-refractivity contribution >= 4 is 63.9 Å². The highest BCUT2D eigenvalue weighted by molar-refractivity contribution is 6.18. The Morgan fingerprint density at radius 2 is 1.59 bits per heavy atom. The maximum absolute atomic E-state index is 14.9. The Hall–Kier alpha value is -7.28. The molecule has 23 nitrogen and oxygen atoms in total. The predicted molar refractivity (Wildman–Crippen MR) is 263 cm³/mol. The first-order valence-electron chi connectivity index (χ1n) is 24.7. The van der Waals surface area contributed by atoms with Gasteiger partial charge in [0.15, 0.2) is 17.2 Å². The van der Waals surface area contributed by atoms with Gasteiger partial charge in [-0.2, -0.15) is 0 Å². The number of carbonyl (C=O) groups is 9. The summed E-state index contributed by atoms with van der Waals surface area (Å²) in [6.45, 7) is 5.99. The number of benzene rings is 1. The fraction of sp³-hybridized carbons (Fsp3) is 0.510. The first-order valence-corrected chi connectivity index (χ1v) is 24.7. The third-order valence-electron chi connectivity index (χ3n) is 13.0. The van der Waals surface area contributed by atoms with Gasteiger partial charge in [-0.1, -0.05) is 20.8 Å². The van der Waals surface area contributed by atoms with Crippen molar-refractivity contribution in [1.82, 2.24) is 36.1 Å². The third kappa shape index (κ3) is 14.3. The normalized spacial score (nSPS) is 16.5. The molecule has 4 heterocycles. The molecule has 0 fully saturated rings. The first kappa shape index (κ1) is 57.0. The van der Waals surface area contributed by atoms with Crippen LogP contribution in [0.3, 0.4) is 0 Å². The van der Waals surface area contributed by atoms with Crippen molar-refractivity contribution < 1.29 is 71.6 Å². The Labute approximate surface area is 430 Å². The Kier molecular flexibility index (Phi) is 19.6. The molecule has 1 aliphatic carbocycles. The minimum absolute atomic E-state index is 0.00755. The molecule has 8 N–H and O–H groups in total. The van der Waals surface area contributed by atoms with Crippen LogP contribution in [0.5, 0.6) is 0 Å². The molecule has 0 spiro atoms. The Morgan fingerprint density at radius 3 is 2.28 bits per heavy atom. The van der Waals surface area contributed by atoms with E-state index in [-0.39, 0.29) is 138 Å². The monoisotopic (exact) mass is 1050 g/mol. The number of aryl methyl sites for hydroxylation is 1. The van der Waals surface area contributed by atoms with Gasteiger partial charge in [-0.15, -0.1) is 0 Å². The number of nitrogens with two attached hydrogens (primary N) is 1. The lowest BCUT2D eigenvalue weighted by Gasteiger charge is -2.31. The molecule has 404 valence electrons. The molecule has 2 aliphatic heterocycles. The molecule has 0 bridgehead atoms. The average molecular weight is 1050 g/mol. The van der Waals surface area contributed by atoms with E-state index in [1.807, 2.05) is 13.8 Å². The van der Waals surface area contributed by atoms with Crippen molar-refractivity contribution in [2.75, 3.05) is 46.3 Å². The van der Waals surface area contributed by atoms with Gasteiger partial charge in [0.25, 0.3) is 5.56 Å². The number of carbonyl (C=O) groups excluding carboxylic acids is 9. The van der Waals surface area contributed by atoms with Gasteiger partial charge in [0.1, 0.15) is 37.8 Å². The van der Waals surface area contributed by atoms with Crippen molar-refractivity contribution in [3.8, 4) is 11.4 Å². The van der Waals surface area contributed by atoms with Crippen molar-refractivity contribution in [2.45, 2.75) is 110 Å². The average Bonchev–Trinajstić information content (AvgIpc) is 3.90. The number of rotatable bonds is 28. The van der Waals surface area contributed by atoms with Crippen LogP contribution in [0.2, 0.25) is 0 Å². The number of amides is 6. The molecule has 0 unspecified atom stereocenters. The number of esters is 1. The number of pyridine rings is 2. The summed E-state index contributed by atoms with van der Waals surface area (Å²) in [4.78, 5) is 131. The molecule has 3 aromatic rings. The first-order chi connectivity index (χ1) is 35.7. The quantitative estimate of drug-likeness (QED) is 0.0172. The van der Waals surface area contributed by atoms with E-state index in [0.29, 0.717) is 33.5 Å². The molecule has 1 aromatic carbocycles. The van der Waals surface area contributed by atoms with Crippen LogP contribution in [0.15, 0.2) is 35.1 Å². The molecule has 24 heteroatoms.